The Bertz CT molecular complexity index is 879. The van der Waals surface area contributed by atoms with Crippen molar-refractivity contribution in [3.8, 4) is 0 Å². The molecule has 0 aromatic heterocycles. The van der Waals surface area contributed by atoms with Crippen LogP contribution in [0.3, 0.4) is 0 Å². The SMILES string of the molecule is Cc1cccc(C)c1NC(=S)NC(=O)C(c1ccccc1)c1ccccc1. The van der Waals surface area contributed by atoms with Crippen LogP contribution in [-0.2, 0) is 4.79 Å². The molecule has 3 aromatic rings. The summed E-state index contributed by atoms with van der Waals surface area (Å²) in [4.78, 5) is 13.1. The monoisotopic (exact) mass is 374 g/mol. The smallest absolute Gasteiger partial charge is 0.238 e. The summed E-state index contributed by atoms with van der Waals surface area (Å²) in [6.45, 7) is 4.02. The summed E-state index contributed by atoms with van der Waals surface area (Å²) in [5.41, 5.74) is 4.94. The molecule has 3 aromatic carbocycles. The Morgan fingerprint density at radius 1 is 0.778 bits per heavy atom. The Kier molecular flexibility index (Phi) is 5.99. The average Bonchev–Trinajstić information content (AvgIpc) is 2.67. The molecule has 0 saturated heterocycles. The summed E-state index contributed by atoms with van der Waals surface area (Å²) >= 11 is 5.41. The first kappa shape index (κ1) is 18.8. The third kappa shape index (κ3) is 4.60. The summed E-state index contributed by atoms with van der Waals surface area (Å²) in [5, 5.41) is 6.33. The number of anilines is 1. The van der Waals surface area contributed by atoms with E-state index in [1.165, 1.54) is 0 Å². The summed E-state index contributed by atoms with van der Waals surface area (Å²) in [6.07, 6.45) is 0. The fourth-order valence-corrected chi connectivity index (χ4v) is 3.33. The zero-order valence-corrected chi connectivity index (χ0v) is 16.2. The lowest BCUT2D eigenvalue weighted by molar-refractivity contribution is -0.120. The molecule has 2 N–H and O–H groups in total. The van der Waals surface area contributed by atoms with E-state index in [9.17, 15) is 4.79 Å². The van der Waals surface area contributed by atoms with Crippen LogP contribution in [0, 0.1) is 13.8 Å². The van der Waals surface area contributed by atoms with Crippen LogP contribution in [0.2, 0.25) is 0 Å². The van der Waals surface area contributed by atoms with Crippen LogP contribution in [0.5, 0.6) is 0 Å². The minimum atomic E-state index is -0.426. The van der Waals surface area contributed by atoms with Gasteiger partial charge in [0.1, 0.15) is 0 Å². The Balaban J connectivity index is 1.82. The molecule has 0 fully saturated rings. The van der Waals surface area contributed by atoms with Gasteiger partial charge in [-0.05, 0) is 48.3 Å². The Morgan fingerprint density at radius 3 is 1.74 bits per heavy atom. The fraction of sp³-hybridized carbons (Fsp3) is 0.130. The van der Waals surface area contributed by atoms with E-state index >= 15 is 0 Å². The largest absolute Gasteiger partial charge is 0.332 e. The zero-order chi connectivity index (χ0) is 19.2. The second-order valence-electron chi connectivity index (χ2n) is 6.46. The highest BCUT2D eigenvalue weighted by molar-refractivity contribution is 7.80. The molecule has 0 bridgehead atoms. The molecule has 0 aliphatic carbocycles. The number of hydrogen-bond donors (Lipinski definition) is 2. The molecule has 136 valence electrons. The molecule has 0 aliphatic heterocycles. The molecular formula is C23H22N2OS. The second kappa shape index (κ2) is 8.60. The molecule has 3 rings (SSSR count). The number of carbonyl (C=O) groups excluding carboxylic acids is 1. The van der Waals surface area contributed by atoms with Gasteiger partial charge in [-0.15, -0.1) is 0 Å². The molecule has 3 nitrogen and oxygen atoms in total. The van der Waals surface area contributed by atoms with Gasteiger partial charge in [-0.3, -0.25) is 4.79 Å². The van der Waals surface area contributed by atoms with Crippen molar-refractivity contribution in [1.82, 2.24) is 5.32 Å². The number of para-hydroxylation sites is 1. The number of hydrogen-bond acceptors (Lipinski definition) is 2. The number of thiocarbonyl (C=S) groups is 1. The van der Waals surface area contributed by atoms with Crippen LogP contribution in [0.25, 0.3) is 0 Å². The number of aryl methyl sites for hydroxylation is 2. The molecule has 4 heteroatoms. The average molecular weight is 375 g/mol. The van der Waals surface area contributed by atoms with Gasteiger partial charge in [0.05, 0.1) is 5.92 Å². The van der Waals surface area contributed by atoms with Crippen LogP contribution < -0.4 is 10.6 Å². The number of amides is 1. The van der Waals surface area contributed by atoms with E-state index in [-0.39, 0.29) is 5.91 Å². The van der Waals surface area contributed by atoms with Crippen LogP contribution in [0.4, 0.5) is 5.69 Å². The fourth-order valence-electron chi connectivity index (χ4n) is 3.13. The van der Waals surface area contributed by atoms with Crippen LogP contribution in [-0.4, -0.2) is 11.0 Å². The van der Waals surface area contributed by atoms with Crippen molar-refractivity contribution in [2.75, 3.05) is 5.32 Å². The Morgan fingerprint density at radius 2 is 1.26 bits per heavy atom. The molecule has 1 amide bonds. The normalized spacial score (nSPS) is 10.5. The molecule has 0 radical (unpaired) electrons. The maximum Gasteiger partial charge on any atom is 0.238 e. The van der Waals surface area contributed by atoms with Crippen molar-refractivity contribution < 1.29 is 4.79 Å². The molecule has 0 saturated carbocycles. The Hall–Kier alpha value is -2.98. The van der Waals surface area contributed by atoms with Crippen molar-refractivity contribution in [3.63, 3.8) is 0 Å². The van der Waals surface area contributed by atoms with Gasteiger partial charge >= 0.3 is 0 Å². The van der Waals surface area contributed by atoms with Gasteiger partial charge in [-0.2, -0.15) is 0 Å². The van der Waals surface area contributed by atoms with Crippen LogP contribution in [0.15, 0.2) is 78.9 Å². The molecule has 0 atom stereocenters. The third-order valence-electron chi connectivity index (χ3n) is 4.48. The first-order valence-electron chi connectivity index (χ1n) is 8.84. The van der Waals surface area contributed by atoms with Gasteiger partial charge in [0, 0.05) is 5.69 Å². The Labute approximate surface area is 165 Å². The lowest BCUT2D eigenvalue weighted by Crippen LogP contribution is -2.38. The molecule has 0 unspecified atom stereocenters. The van der Waals surface area contributed by atoms with E-state index < -0.39 is 5.92 Å². The first-order chi connectivity index (χ1) is 13.1. The van der Waals surface area contributed by atoms with E-state index in [2.05, 4.69) is 10.6 Å². The predicted molar refractivity (Wildman–Crippen MR) is 115 cm³/mol. The maximum atomic E-state index is 13.1. The van der Waals surface area contributed by atoms with E-state index in [1.807, 2.05) is 92.7 Å². The minimum absolute atomic E-state index is 0.156. The highest BCUT2D eigenvalue weighted by Gasteiger charge is 2.23. The first-order valence-corrected chi connectivity index (χ1v) is 9.25. The molecule has 0 heterocycles. The lowest BCUT2D eigenvalue weighted by Gasteiger charge is -2.19. The lowest BCUT2D eigenvalue weighted by atomic mass is 9.90. The van der Waals surface area contributed by atoms with Crippen molar-refractivity contribution in [2.24, 2.45) is 0 Å². The summed E-state index contributed by atoms with van der Waals surface area (Å²) in [6, 6.07) is 25.5. The number of rotatable bonds is 4. The maximum absolute atomic E-state index is 13.1. The number of benzene rings is 3. The highest BCUT2D eigenvalue weighted by Crippen LogP contribution is 2.25. The van der Waals surface area contributed by atoms with Crippen LogP contribution in [0.1, 0.15) is 28.2 Å². The third-order valence-corrected chi connectivity index (χ3v) is 4.69. The minimum Gasteiger partial charge on any atom is -0.332 e. The van der Waals surface area contributed by atoms with Gasteiger partial charge in [0.15, 0.2) is 5.11 Å². The zero-order valence-electron chi connectivity index (χ0n) is 15.4. The van der Waals surface area contributed by atoms with Crippen molar-refractivity contribution in [1.29, 1.82) is 0 Å². The summed E-state index contributed by atoms with van der Waals surface area (Å²) < 4.78 is 0. The second-order valence-corrected chi connectivity index (χ2v) is 6.87. The van der Waals surface area contributed by atoms with Crippen LogP contribution >= 0.6 is 12.2 Å². The van der Waals surface area contributed by atoms with Crippen molar-refractivity contribution in [3.05, 3.63) is 101 Å². The van der Waals surface area contributed by atoms with Crippen molar-refractivity contribution in [2.45, 2.75) is 19.8 Å². The number of nitrogens with one attached hydrogen (secondary N) is 2. The molecule has 27 heavy (non-hydrogen) atoms. The molecular weight excluding hydrogens is 352 g/mol. The van der Waals surface area contributed by atoms with E-state index in [4.69, 9.17) is 12.2 Å². The van der Waals surface area contributed by atoms with E-state index in [0.717, 1.165) is 27.9 Å². The van der Waals surface area contributed by atoms with Crippen molar-refractivity contribution >= 4 is 28.9 Å². The summed E-state index contributed by atoms with van der Waals surface area (Å²) in [7, 11) is 0. The summed E-state index contributed by atoms with van der Waals surface area (Å²) in [5.74, 6) is -0.582. The van der Waals surface area contributed by atoms with Gasteiger partial charge in [-0.1, -0.05) is 78.9 Å². The van der Waals surface area contributed by atoms with Gasteiger partial charge in [0.25, 0.3) is 0 Å². The standard InChI is InChI=1S/C23H22N2OS/c1-16-10-9-11-17(2)21(16)24-23(27)25-22(26)20(18-12-5-3-6-13-18)19-14-7-4-8-15-19/h3-15,20H,1-2H3,(H2,24,25,26,27). The topological polar surface area (TPSA) is 41.1 Å². The van der Waals surface area contributed by atoms with E-state index in [0.29, 0.717) is 5.11 Å². The van der Waals surface area contributed by atoms with Gasteiger partial charge in [0.2, 0.25) is 5.91 Å². The number of carbonyl (C=O) groups is 1. The predicted octanol–water partition coefficient (Wildman–Crippen LogP) is 4.95. The van der Waals surface area contributed by atoms with Gasteiger partial charge < -0.3 is 10.6 Å². The van der Waals surface area contributed by atoms with Gasteiger partial charge in [-0.25, -0.2) is 0 Å². The quantitative estimate of drug-likeness (QED) is 0.635. The highest BCUT2D eigenvalue weighted by atomic mass is 32.1. The molecule has 0 aliphatic rings. The molecule has 0 spiro atoms. The van der Waals surface area contributed by atoms with E-state index in [1.54, 1.807) is 0 Å².